The van der Waals surface area contributed by atoms with E-state index in [1.54, 1.807) is 4.90 Å². The Balaban J connectivity index is 2.39. The van der Waals surface area contributed by atoms with Crippen LogP contribution in [0.1, 0.15) is 0 Å². The second-order valence-electron chi connectivity index (χ2n) is 1.56. The van der Waals surface area contributed by atoms with Gasteiger partial charge in [-0.05, 0) is 0 Å². The summed E-state index contributed by atoms with van der Waals surface area (Å²) in [5.74, 6) is 0. The number of nitrogens with zero attached hydrogens (tertiary/aromatic N) is 1. The van der Waals surface area contributed by atoms with Crippen molar-refractivity contribution in [2.75, 3.05) is 18.0 Å². The number of halogens is 1. The third kappa shape index (κ3) is 1.51. The van der Waals surface area contributed by atoms with Crippen LogP contribution < -0.4 is 19.8 Å². The van der Waals surface area contributed by atoms with Crippen LogP contribution in [0.15, 0.2) is 0 Å². The molecule has 8 heavy (non-hydrogen) atoms. The first-order valence-corrected chi connectivity index (χ1v) is 7.20. The summed E-state index contributed by atoms with van der Waals surface area (Å²) in [6.45, 7) is 0.985. The Morgan fingerprint density at radius 1 is 1.88 bits per heavy atom. The van der Waals surface area contributed by atoms with Gasteiger partial charge in [0.15, 0.2) is 0 Å². The summed E-state index contributed by atoms with van der Waals surface area (Å²) in [7, 11) is 3.38. The fourth-order valence-electron chi connectivity index (χ4n) is 0.397. The molecule has 0 bridgehead atoms. The maximum atomic E-state index is 10.7. The number of hydrogen-bond donors (Lipinski definition) is 0. The molecule has 1 aliphatic heterocycles. The Hall–Kier alpha value is 0.550. The first-order chi connectivity index (χ1) is 3.80. The molecule has 1 aliphatic rings. The minimum absolute atomic E-state index is 0.173. The predicted octanol–water partition coefficient (Wildman–Crippen LogP) is -2.21. The quantitative estimate of drug-likeness (QED) is 0.356. The third-order valence-corrected chi connectivity index (χ3v) is 5.50. The molecule has 0 aliphatic carbocycles. The minimum atomic E-state index is 0.173. The van der Waals surface area contributed by atoms with Crippen LogP contribution in [0.4, 0.5) is 4.79 Å². The summed E-state index contributed by atoms with van der Waals surface area (Å²) in [6.07, 6.45) is 0. The fraction of sp³-hybridized carbons (Fsp3) is 0.750. The molecular formula is C4H7INOS-. The van der Waals surface area contributed by atoms with E-state index in [2.05, 4.69) is 0 Å². The van der Waals surface area contributed by atoms with Gasteiger partial charge < -0.3 is 0 Å². The standard InChI is InChI=1S/C4H7INOS/c1-6-3-2-5-8-4(6)7/h2-3H2,1H3/q-1. The summed E-state index contributed by atoms with van der Waals surface area (Å²) in [5.41, 5.74) is 0. The van der Waals surface area contributed by atoms with Gasteiger partial charge in [-0.3, -0.25) is 0 Å². The zero-order valence-electron chi connectivity index (χ0n) is 4.56. The van der Waals surface area contributed by atoms with Gasteiger partial charge in [-0.15, -0.1) is 0 Å². The van der Waals surface area contributed by atoms with Crippen LogP contribution in [0.25, 0.3) is 0 Å². The molecule has 2 nitrogen and oxygen atoms in total. The molecule has 0 N–H and O–H groups in total. The number of carbonyl (C=O) groups is 1. The van der Waals surface area contributed by atoms with Gasteiger partial charge in [0.25, 0.3) is 0 Å². The van der Waals surface area contributed by atoms with Gasteiger partial charge >= 0.3 is 61.7 Å². The maximum absolute atomic E-state index is 10.7. The molecule has 0 unspecified atom stereocenters. The molecule has 0 radical (unpaired) electrons. The van der Waals surface area contributed by atoms with Crippen molar-refractivity contribution in [3.63, 3.8) is 0 Å². The second-order valence-corrected chi connectivity index (χ2v) is 6.55. The second kappa shape index (κ2) is 2.91. The molecule has 1 heterocycles. The number of amides is 1. The van der Waals surface area contributed by atoms with Gasteiger partial charge in [-0.25, -0.2) is 0 Å². The van der Waals surface area contributed by atoms with Gasteiger partial charge in [0, 0.05) is 0 Å². The molecule has 48 valence electrons. The van der Waals surface area contributed by atoms with E-state index >= 15 is 0 Å². The van der Waals surface area contributed by atoms with Crippen molar-refractivity contribution in [2.45, 2.75) is 0 Å². The van der Waals surface area contributed by atoms with Crippen molar-refractivity contribution in [1.82, 2.24) is 4.90 Å². The van der Waals surface area contributed by atoms with E-state index in [1.807, 2.05) is 7.05 Å². The molecule has 0 aromatic rings. The van der Waals surface area contributed by atoms with Crippen LogP contribution in [0.2, 0.25) is 0 Å². The van der Waals surface area contributed by atoms with Crippen molar-refractivity contribution in [3.05, 3.63) is 0 Å². The molecule has 0 atom stereocenters. The molecular weight excluding hydrogens is 237 g/mol. The van der Waals surface area contributed by atoms with Crippen LogP contribution in [-0.2, 0) is 0 Å². The molecule has 1 saturated heterocycles. The Kier molecular flexibility index (Phi) is 2.43. The van der Waals surface area contributed by atoms with Crippen molar-refractivity contribution in [1.29, 1.82) is 0 Å². The molecule has 1 amide bonds. The molecule has 0 aromatic carbocycles. The molecule has 1 fully saturated rings. The van der Waals surface area contributed by atoms with Gasteiger partial charge in [0.1, 0.15) is 0 Å². The topological polar surface area (TPSA) is 20.3 Å². The SMILES string of the molecule is CN1CC[I-]SC1=O. The van der Waals surface area contributed by atoms with Crippen LogP contribution in [0.3, 0.4) is 0 Å². The van der Waals surface area contributed by atoms with Crippen LogP contribution in [0.5, 0.6) is 0 Å². The Morgan fingerprint density at radius 2 is 2.62 bits per heavy atom. The molecule has 0 aromatic heterocycles. The van der Waals surface area contributed by atoms with Crippen molar-refractivity contribution in [3.8, 4) is 0 Å². The monoisotopic (exact) mass is 244 g/mol. The van der Waals surface area contributed by atoms with Gasteiger partial charge in [0.05, 0.1) is 0 Å². The summed E-state index contributed by atoms with van der Waals surface area (Å²) < 4.78 is 1.26. The van der Waals surface area contributed by atoms with E-state index in [0.29, 0.717) is 0 Å². The van der Waals surface area contributed by atoms with E-state index in [-0.39, 0.29) is 25.1 Å². The Labute approximate surface area is 61.7 Å². The van der Waals surface area contributed by atoms with Crippen molar-refractivity contribution in [2.24, 2.45) is 0 Å². The first kappa shape index (κ1) is 6.67. The molecule has 1 rings (SSSR count). The number of carbonyl (C=O) groups excluding carboxylic acids is 1. The van der Waals surface area contributed by atoms with Gasteiger partial charge in [0.2, 0.25) is 0 Å². The predicted molar refractivity (Wildman–Crippen MR) is 30.5 cm³/mol. The van der Waals surface area contributed by atoms with E-state index in [9.17, 15) is 4.79 Å². The summed E-state index contributed by atoms with van der Waals surface area (Å²) in [5, 5.41) is 0.268. The first-order valence-electron chi connectivity index (χ1n) is 2.32. The molecule has 0 saturated carbocycles. The van der Waals surface area contributed by atoms with Gasteiger partial charge in [-0.1, -0.05) is 0 Å². The van der Waals surface area contributed by atoms with Crippen molar-refractivity contribution < 1.29 is 24.6 Å². The van der Waals surface area contributed by atoms with Crippen molar-refractivity contribution >= 4 is 14.2 Å². The zero-order chi connectivity index (χ0) is 5.98. The number of alkyl halides is 1. The molecule has 0 spiro atoms. The normalized spacial score (nSPS) is 22.6. The van der Waals surface area contributed by atoms with E-state index in [1.165, 1.54) is 13.4 Å². The zero-order valence-corrected chi connectivity index (χ0v) is 7.53. The summed E-state index contributed by atoms with van der Waals surface area (Å²) in [4.78, 5) is 12.5. The Bertz CT molecular complexity index is 108. The summed E-state index contributed by atoms with van der Waals surface area (Å²) in [6, 6.07) is 0. The average molecular weight is 244 g/mol. The van der Waals surface area contributed by atoms with Crippen LogP contribution in [0, 0.1) is 0 Å². The Morgan fingerprint density at radius 3 is 3.00 bits per heavy atom. The third-order valence-electron chi connectivity index (χ3n) is 0.929. The average Bonchev–Trinajstić information content (AvgIpc) is 1.77. The van der Waals surface area contributed by atoms with E-state index in [0.717, 1.165) is 6.54 Å². The number of hydrogen-bond acceptors (Lipinski definition) is 2. The van der Waals surface area contributed by atoms with Gasteiger partial charge in [-0.2, -0.15) is 0 Å². The molecule has 4 heteroatoms. The van der Waals surface area contributed by atoms with E-state index in [4.69, 9.17) is 0 Å². The number of rotatable bonds is 0. The van der Waals surface area contributed by atoms with E-state index < -0.39 is 0 Å². The summed E-state index contributed by atoms with van der Waals surface area (Å²) >= 11 is 0.173. The van der Waals surface area contributed by atoms with Crippen LogP contribution >= 0.6 is 8.93 Å². The fourth-order valence-corrected chi connectivity index (χ4v) is 4.63. The van der Waals surface area contributed by atoms with Crippen LogP contribution in [-0.4, -0.2) is 28.2 Å².